The van der Waals surface area contributed by atoms with Crippen molar-refractivity contribution in [2.75, 3.05) is 19.6 Å². The number of nitrogens with one attached hydrogen (secondary N) is 1. The van der Waals surface area contributed by atoms with Gasteiger partial charge in [-0.1, -0.05) is 44.2 Å². The third kappa shape index (κ3) is 3.25. The van der Waals surface area contributed by atoms with Gasteiger partial charge in [0.2, 0.25) is 0 Å². The highest BCUT2D eigenvalue weighted by Crippen LogP contribution is 2.19. The van der Waals surface area contributed by atoms with Gasteiger partial charge in [0.1, 0.15) is 0 Å². The van der Waals surface area contributed by atoms with Crippen LogP contribution >= 0.6 is 0 Å². The molecule has 1 aromatic rings. The van der Waals surface area contributed by atoms with Crippen molar-refractivity contribution in [1.29, 1.82) is 5.26 Å². The van der Waals surface area contributed by atoms with Crippen molar-refractivity contribution in [2.45, 2.75) is 19.9 Å². The first-order valence-corrected chi connectivity index (χ1v) is 5.74. The predicted octanol–water partition coefficient (Wildman–Crippen LogP) is 2.14. The maximum atomic E-state index is 8.61. The number of benzene rings is 1. The molecule has 0 bridgehead atoms. The molecule has 0 aromatic heterocycles. The van der Waals surface area contributed by atoms with E-state index in [2.05, 4.69) is 36.2 Å². The highest BCUT2D eigenvalue weighted by Gasteiger charge is 2.16. The zero-order chi connectivity index (χ0) is 11.8. The summed E-state index contributed by atoms with van der Waals surface area (Å²) in [6.07, 6.45) is 1.99. The van der Waals surface area contributed by atoms with E-state index in [9.17, 15) is 0 Å². The van der Waals surface area contributed by atoms with Crippen molar-refractivity contribution in [1.82, 2.24) is 10.2 Å². The zero-order valence-corrected chi connectivity index (χ0v) is 9.98. The Hall–Kier alpha value is -1.53. The normalized spacial score (nSPS) is 12.1. The van der Waals surface area contributed by atoms with E-state index in [1.165, 1.54) is 5.56 Å². The number of nitrogens with zero attached hydrogens (tertiary/aromatic N) is 2. The van der Waals surface area contributed by atoms with Crippen molar-refractivity contribution >= 4 is 0 Å². The molecule has 0 aliphatic heterocycles. The lowest BCUT2D eigenvalue weighted by atomic mass is 10.1. The van der Waals surface area contributed by atoms with Gasteiger partial charge in [-0.15, -0.1) is 0 Å². The molecule has 0 spiro atoms. The van der Waals surface area contributed by atoms with Crippen LogP contribution in [0.15, 0.2) is 30.3 Å². The number of likely N-dealkylation sites (N-methyl/N-ethyl adjacent to an activating group) is 1. The van der Waals surface area contributed by atoms with E-state index in [4.69, 9.17) is 5.26 Å². The largest absolute Gasteiger partial charge is 0.322 e. The smallest absolute Gasteiger partial charge is 0.176 e. The van der Waals surface area contributed by atoms with Gasteiger partial charge in [0.25, 0.3) is 0 Å². The van der Waals surface area contributed by atoms with Gasteiger partial charge in [0.15, 0.2) is 6.19 Å². The lowest BCUT2D eigenvalue weighted by Crippen LogP contribution is -2.34. The Morgan fingerprint density at radius 1 is 1.25 bits per heavy atom. The maximum absolute atomic E-state index is 8.61. The highest BCUT2D eigenvalue weighted by atomic mass is 15.2. The predicted molar refractivity (Wildman–Crippen MR) is 65.7 cm³/mol. The molecule has 0 saturated heterocycles. The minimum absolute atomic E-state index is 0.274. The van der Waals surface area contributed by atoms with E-state index in [-0.39, 0.29) is 6.04 Å². The second kappa shape index (κ2) is 6.86. The Bertz CT molecular complexity index is 325. The van der Waals surface area contributed by atoms with Gasteiger partial charge in [-0.3, -0.25) is 4.90 Å². The van der Waals surface area contributed by atoms with Crippen molar-refractivity contribution < 1.29 is 0 Å². The zero-order valence-electron chi connectivity index (χ0n) is 9.98. The first-order valence-electron chi connectivity index (χ1n) is 5.74. The van der Waals surface area contributed by atoms with Crippen molar-refractivity contribution in [3.05, 3.63) is 35.9 Å². The average Bonchev–Trinajstić information content (AvgIpc) is 2.35. The molecule has 3 heteroatoms. The second-order valence-corrected chi connectivity index (χ2v) is 3.64. The fraction of sp³-hybridized carbons (Fsp3) is 0.462. The van der Waals surface area contributed by atoms with Crippen LogP contribution in [-0.4, -0.2) is 24.5 Å². The SMILES string of the molecule is CCN(CC)C(CNC#N)c1ccccc1. The van der Waals surface area contributed by atoms with Crippen molar-refractivity contribution in [3.63, 3.8) is 0 Å². The molecule has 0 saturated carbocycles. The number of hydrogen-bond donors (Lipinski definition) is 1. The summed E-state index contributed by atoms with van der Waals surface area (Å²) in [7, 11) is 0. The standard InChI is InChI=1S/C13H19N3/c1-3-16(4-2)13(10-15-11-14)12-8-6-5-7-9-12/h5-9,13,15H,3-4,10H2,1-2H3. The van der Waals surface area contributed by atoms with Gasteiger partial charge in [0, 0.05) is 6.54 Å². The van der Waals surface area contributed by atoms with E-state index in [0.29, 0.717) is 6.54 Å². The Kier molecular flexibility index (Phi) is 5.38. The van der Waals surface area contributed by atoms with E-state index < -0.39 is 0 Å². The Morgan fingerprint density at radius 3 is 2.38 bits per heavy atom. The summed E-state index contributed by atoms with van der Waals surface area (Å²) in [5, 5.41) is 11.4. The summed E-state index contributed by atoms with van der Waals surface area (Å²) >= 11 is 0. The molecular formula is C13H19N3. The van der Waals surface area contributed by atoms with Crippen LogP contribution in [0.25, 0.3) is 0 Å². The molecule has 86 valence electrons. The number of rotatable bonds is 6. The highest BCUT2D eigenvalue weighted by molar-refractivity contribution is 5.19. The molecule has 0 heterocycles. The molecule has 1 N–H and O–H groups in total. The third-order valence-electron chi connectivity index (χ3n) is 2.81. The fourth-order valence-corrected chi connectivity index (χ4v) is 1.94. The minimum Gasteiger partial charge on any atom is -0.322 e. The van der Waals surface area contributed by atoms with E-state index in [0.717, 1.165) is 13.1 Å². The third-order valence-corrected chi connectivity index (χ3v) is 2.81. The summed E-state index contributed by atoms with van der Waals surface area (Å²) in [6.45, 7) is 6.94. The maximum Gasteiger partial charge on any atom is 0.176 e. The summed E-state index contributed by atoms with van der Waals surface area (Å²) < 4.78 is 0. The molecule has 0 aliphatic carbocycles. The molecule has 1 aromatic carbocycles. The topological polar surface area (TPSA) is 39.1 Å². The number of hydrogen-bond acceptors (Lipinski definition) is 3. The molecule has 0 amide bonds. The van der Waals surface area contributed by atoms with Crippen LogP contribution in [-0.2, 0) is 0 Å². The fourth-order valence-electron chi connectivity index (χ4n) is 1.94. The molecule has 1 rings (SSSR count). The molecule has 1 atom stereocenters. The first kappa shape index (κ1) is 12.5. The number of nitriles is 1. The van der Waals surface area contributed by atoms with Gasteiger partial charge in [0.05, 0.1) is 6.04 Å². The van der Waals surface area contributed by atoms with E-state index >= 15 is 0 Å². The van der Waals surface area contributed by atoms with Crippen LogP contribution in [0.3, 0.4) is 0 Å². The van der Waals surface area contributed by atoms with Crippen LogP contribution in [0.1, 0.15) is 25.5 Å². The average molecular weight is 217 g/mol. The van der Waals surface area contributed by atoms with Crippen LogP contribution in [0.2, 0.25) is 0 Å². The molecule has 16 heavy (non-hydrogen) atoms. The molecule has 0 fully saturated rings. The molecule has 3 nitrogen and oxygen atoms in total. The summed E-state index contributed by atoms with van der Waals surface area (Å²) in [6, 6.07) is 10.6. The van der Waals surface area contributed by atoms with Gasteiger partial charge in [-0.2, -0.15) is 5.26 Å². The van der Waals surface area contributed by atoms with Gasteiger partial charge in [-0.25, -0.2) is 0 Å². The van der Waals surface area contributed by atoms with Crippen LogP contribution in [0.5, 0.6) is 0 Å². The van der Waals surface area contributed by atoms with E-state index in [1.807, 2.05) is 24.4 Å². The Morgan fingerprint density at radius 2 is 1.88 bits per heavy atom. The molecule has 1 unspecified atom stereocenters. The summed E-state index contributed by atoms with van der Waals surface area (Å²) in [5.41, 5.74) is 1.26. The molecule has 0 radical (unpaired) electrons. The lowest BCUT2D eigenvalue weighted by Gasteiger charge is -2.29. The first-order chi connectivity index (χ1) is 7.83. The van der Waals surface area contributed by atoms with Crippen LogP contribution in [0.4, 0.5) is 0 Å². The van der Waals surface area contributed by atoms with Crippen LogP contribution < -0.4 is 5.32 Å². The van der Waals surface area contributed by atoms with Crippen molar-refractivity contribution in [3.8, 4) is 6.19 Å². The van der Waals surface area contributed by atoms with Gasteiger partial charge in [-0.05, 0) is 18.7 Å². The second-order valence-electron chi connectivity index (χ2n) is 3.64. The van der Waals surface area contributed by atoms with Gasteiger partial charge < -0.3 is 5.32 Å². The Balaban J connectivity index is 2.83. The quantitative estimate of drug-likeness (QED) is 0.586. The monoisotopic (exact) mass is 217 g/mol. The molecule has 0 aliphatic rings. The summed E-state index contributed by atoms with van der Waals surface area (Å²) in [4.78, 5) is 2.35. The molecular weight excluding hydrogens is 198 g/mol. The minimum atomic E-state index is 0.274. The van der Waals surface area contributed by atoms with Crippen LogP contribution in [0, 0.1) is 11.5 Å². The van der Waals surface area contributed by atoms with Crippen molar-refractivity contribution in [2.24, 2.45) is 0 Å². The summed E-state index contributed by atoms with van der Waals surface area (Å²) in [5.74, 6) is 0. The van der Waals surface area contributed by atoms with Gasteiger partial charge >= 0.3 is 0 Å². The Labute approximate surface area is 97.7 Å². The van der Waals surface area contributed by atoms with E-state index in [1.54, 1.807) is 0 Å². The lowest BCUT2D eigenvalue weighted by molar-refractivity contribution is 0.218.